The highest BCUT2D eigenvalue weighted by atomic mass is 19.1. The van der Waals surface area contributed by atoms with Crippen LogP contribution in [0.5, 0.6) is 0 Å². The van der Waals surface area contributed by atoms with Crippen LogP contribution in [0.1, 0.15) is 31.8 Å². The monoisotopic (exact) mass is 512 g/mol. The lowest BCUT2D eigenvalue weighted by Crippen LogP contribution is -2.23. The molecule has 0 bridgehead atoms. The van der Waals surface area contributed by atoms with Gasteiger partial charge < -0.3 is 19.3 Å². The van der Waals surface area contributed by atoms with E-state index < -0.39 is 68.5 Å². The summed E-state index contributed by atoms with van der Waals surface area (Å²) in [5, 5.41) is 8.83. The van der Waals surface area contributed by atoms with Crippen molar-refractivity contribution in [2.75, 3.05) is 12.0 Å². The van der Waals surface area contributed by atoms with E-state index >= 15 is 8.78 Å². The number of carboxylic acids is 1. The Balaban J connectivity index is 1.73. The van der Waals surface area contributed by atoms with E-state index in [2.05, 4.69) is 0 Å². The van der Waals surface area contributed by atoms with Crippen molar-refractivity contribution >= 4 is 28.5 Å². The first-order chi connectivity index (χ1) is 17.6. The predicted octanol–water partition coefficient (Wildman–Crippen LogP) is 4.55. The number of fused-ring (bicyclic) bond motifs is 2. The number of carbonyl (C=O) groups excluding carboxylic acids is 1. The number of carboxylic acid groups (broad SMARTS) is 1. The van der Waals surface area contributed by atoms with Gasteiger partial charge in [0.05, 0.1) is 29.3 Å². The zero-order valence-electron chi connectivity index (χ0n) is 19.0. The Hall–Kier alpha value is -4.67. The van der Waals surface area contributed by atoms with Crippen molar-refractivity contribution in [1.82, 2.24) is 4.57 Å². The number of halogens is 4. The standard InChI is InChI=1S/C26H16F4N2O5/c1-37-26(36)12-2-3-13-9-31(10-14(13)6-12)23-19(29)8-16-22(21(23)30)32(11-17(24(16)33)25(34)35)20-5-4-15(27)7-18(20)28/h2-8,11H,9-10H2,1H3,(H,34,35). The molecule has 2 heterocycles. The number of nitrogens with zero attached hydrogens (tertiary/aromatic N) is 2. The van der Waals surface area contributed by atoms with Gasteiger partial charge >= 0.3 is 11.9 Å². The third-order valence-electron chi connectivity index (χ3n) is 6.22. The molecule has 7 nitrogen and oxygen atoms in total. The number of esters is 1. The third-order valence-corrected chi connectivity index (χ3v) is 6.22. The largest absolute Gasteiger partial charge is 0.477 e. The highest BCUT2D eigenvalue weighted by Gasteiger charge is 2.29. The Morgan fingerprint density at radius 1 is 0.946 bits per heavy atom. The van der Waals surface area contributed by atoms with Crippen LogP contribution in [0.3, 0.4) is 0 Å². The molecule has 0 atom stereocenters. The fourth-order valence-corrected chi connectivity index (χ4v) is 4.51. The molecule has 4 aromatic rings. The molecule has 0 saturated carbocycles. The van der Waals surface area contributed by atoms with Gasteiger partial charge in [-0.1, -0.05) is 6.07 Å². The number of aromatic carboxylic acids is 1. The second-order valence-corrected chi connectivity index (χ2v) is 8.39. The van der Waals surface area contributed by atoms with Crippen LogP contribution in [-0.4, -0.2) is 28.7 Å². The number of rotatable bonds is 4. The highest BCUT2D eigenvalue weighted by molar-refractivity contribution is 5.95. The fraction of sp³-hybridized carbons (Fsp3) is 0.115. The van der Waals surface area contributed by atoms with Gasteiger partial charge in [-0.05, 0) is 41.5 Å². The molecular weight excluding hydrogens is 496 g/mol. The predicted molar refractivity (Wildman–Crippen MR) is 124 cm³/mol. The van der Waals surface area contributed by atoms with Crippen molar-refractivity contribution in [3.05, 3.63) is 104 Å². The van der Waals surface area contributed by atoms with Crippen LogP contribution in [0, 0.1) is 23.3 Å². The molecule has 0 spiro atoms. The van der Waals surface area contributed by atoms with Gasteiger partial charge in [0.25, 0.3) is 0 Å². The lowest BCUT2D eigenvalue weighted by atomic mass is 10.1. The van der Waals surface area contributed by atoms with Crippen molar-refractivity contribution in [3.63, 3.8) is 0 Å². The van der Waals surface area contributed by atoms with Crippen LogP contribution in [0.25, 0.3) is 16.6 Å². The molecule has 0 fully saturated rings. The molecule has 0 saturated heterocycles. The maximum absolute atomic E-state index is 16.1. The van der Waals surface area contributed by atoms with Crippen LogP contribution < -0.4 is 10.3 Å². The smallest absolute Gasteiger partial charge is 0.341 e. The van der Waals surface area contributed by atoms with E-state index in [1.807, 2.05) is 0 Å². The second kappa shape index (κ2) is 8.77. The molecule has 0 radical (unpaired) electrons. The number of aromatic nitrogens is 1. The maximum atomic E-state index is 16.1. The van der Waals surface area contributed by atoms with Crippen molar-refractivity contribution in [2.45, 2.75) is 13.1 Å². The van der Waals surface area contributed by atoms with E-state index in [0.717, 1.165) is 22.9 Å². The molecule has 11 heteroatoms. The summed E-state index contributed by atoms with van der Waals surface area (Å²) in [7, 11) is 1.22. The average molecular weight is 512 g/mol. The van der Waals surface area contributed by atoms with Crippen molar-refractivity contribution in [3.8, 4) is 5.69 Å². The highest BCUT2D eigenvalue weighted by Crippen LogP contribution is 2.36. The summed E-state index contributed by atoms with van der Waals surface area (Å²) >= 11 is 0. The maximum Gasteiger partial charge on any atom is 0.341 e. The van der Waals surface area contributed by atoms with Gasteiger partial charge in [0.15, 0.2) is 5.82 Å². The lowest BCUT2D eigenvalue weighted by molar-refractivity contribution is 0.0599. The van der Waals surface area contributed by atoms with Gasteiger partial charge in [0, 0.05) is 25.4 Å². The zero-order valence-corrected chi connectivity index (χ0v) is 19.0. The second-order valence-electron chi connectivity index (χ2n) is 8.39. The van der Waals surface area contributed by atoms with E-state index in [9.17, 15) is 28.3 Å². The summed E-state index contributed by atoms with van der Waals surface area (Å²) in [5.74, 6) is -6.74. The Morgan fingerprint density at radius 2 is 1.68 bits per heavy atom. The number of methoxy groups -OCH3 is 1. The summed E-state index contributed by atoms with van der Waals surface area (Å²) in [6, 6.07) is 7.72. The Kier molecular flexibility index (Phi) is 5.70. The molecule has 0 amide bonds. The van der Waals surface area contributed by atoms with Crippen LogP contribution in [0.15, 0.2) is 53.5 Å². The lowest BCUT2D eigenvalue weighted by Gasteiger charge is -2.22. The molecule has 188 valence electrons. The first-order valence-corrected chi connectivity index (χ1v) is 10.8. The van der Waals surface area contributed by atoms with Gasteiger partial charge in [-0.15, -0.1) is 0 Å². The number of anilines is 1. The quantitative estimate of drug-likeness (QED) is 0.319. The molecule has 1 N–H and O–H groups in total. The van der Waals surface area contributed by atoms with Crippen LogP contribution in [0.2, 0.25) is 0 Å². The Bertz CT molecular complexity index is 1700. The normalized spacial score (nSPS) is 12.6. The average Bonchev–Trinajstić information content (AvgIpc) is 3.27. The molecule has 37 heavy (non-hydrogen) atoms. The molecule has 0 unspecified atom stereocenters. The third kappa shape index (κ3) is 3.88. The van der Waals surface area contributed by atoms with Crippen molar-refractivity contribution in [1.29, 1.82) is 0 Å². The first-order valence-electron chi connectivity index (χ1n) is 10.8. The van der Waals surface area contributed by atoms with E-state index in [1.54, 1.807) is 12.1 Å². The fourth-order valence-electron chi connectivity index (χ4n) is 4.51. The summed E-state index contributed by atoms with van der Waals surface area (Å²) in [5.41, 5.74) is -2.03. The minimum Gasteiger partial charge on any atom is -0.477 e. The Labute approximate surface area is 205 Å². The van der Waals surface area contributed by atoms with Gasteiger partial charge in [-0.3, -0.25) is 4.79 Å². The molecule has 3 aromatic carbocycles. The zero-order chi connectivity index (χ0) is 26.6. The van der Waals surface area contributed by atoms with Crippen molar-refractivity contribution < 1.29 is 37.0 Å². The summed E-state index contributed by atoms with van der Waals surface area (Å²) in [6.45, 7) is 0.0559. The van der Waals surface area contributed by atoms with Crippen LogP contribution in [-0.2, 0) is 17.8 Å². The number of hydrogen-bond donors (Lipinski definition) is 1. The summed E-state index contributed by atoms with van der Waals surface area (Å²) in [6.07, 6.45) is 0.718. The molecule has 1 aromatic heterocycles. The Morgan fingerprint density at radius 3 is 2.35 bits per heavy atom. The topological polar surface area (TPSA) is 88.8 Å². The van der Waals surface area contributed by atoms with Gasteiger partial charge in [0.1, 0.15) is 28.7 Å². The van der Waals surface area contributed by atoms with Crippen LogP contribution in [0.4, 0.5) is 23.2 Å². The molecule has 0 aliphatic carbocycles. The number of carbonyl (C=O) groups is 2. The number of benzene rings is 3. The van der Waals surface area contributed by atoms with E-state index in [-0.39, 0.29) is 18.7 Å². The number of pyridine rings is 1. The minimum absolute atomic E-state index is 0.00185. The molecular formula is C26H16F4N2O5. The minimum atomic E-state index is -1.69. The van der Waals surface area contributed by atoms with E-state index in [1.165, 1.54) is 18.1 Å². The van der Waals surface area contributed by atoms with E-state index in [0.29, 0.717) is 23.3 Å². The first kappa shape index (κ1) is 24.0. The van der Waals surface area contributed by atoms with Crippen molar-refractivity contribution in [2.24, 2.45) is 0 Å². The molecule has 1 aliphatic heterocycles. The summed E-state index contributed by atoms with van der Waals surface area (Å²) in [4.78, 5) is 37.7. The molecule has 1 aliphatic rings. The number of hydrogen-bond acceptors (Lipinski definition) is 5. The summed E-state index contributed by atoms with van der Waals surface area (Å²) < 4.78 is 65.1. The van der Waals surface area contributed by atoms with Gasteiger partial charge in [0.2, 0.25) is 5.43 Å². The SMILES string of the molecule is COC(=O)c1ccc2c(c1)CN(c1c(F)cc3c(=O)c(C(=O)O)cn(-c4ccc(F)cc4F)c3c1F)C2. The number of ether oxygens (including phenoxy) is 1. The van der Waals surface area contributed by atoms with Crippen LogP contribution >= 0.6 is 0 Å². The molecule has 5 rings (SSSR count). The van der Waals surface area contributed by atoms with Gasteiger partial charge in [-0.25, -0.2) is 27.2 Å². The van der Waals surface area contributed by atoms with E-state index in [4.69, 9.17) is 4.74 Å². The van der Waals surface area contributed by atoms with Gasteiger partial charge in [-0.2, -0.15) is 0 Å².